The second-order valence-electron chi connectivity index (χ2n) is 10.1. The minimum absolute atomic E-state index is 0.00172. The summed E-state index contributed by atoms with van der Waals surface area (Å²) in [6.45, 7) is 12.7. The summed E-state index contributed by atoms with van der Waals surface area (Å²) >= 11 is 0. The van der Waals surface area contributed by atoms with E-state index in [0.29, 0.717) is 11.4 Å². The van der Waals surface area contributed by atoms with Crippen LogP contribution in [0.3, 0.4) is 0 Å². The molecule has 0 amide bonds. The zero-order valence-corrected chi connectivity index (χ0v) is 19.7. The Labute approximate surface area is 185 Å². The molecule has 0 bridgehead atoms. The predicted octanol–water partition coefficient (Wildman–Crippen LogP) is 4.62. The van der Waals surface area contributed by atoms with Crippen LogP contribution in [0.15, 0.2) is 35.7 Å². The fourth-order valence-electron chi connectivity index (χ4n) is 4.71. The largest absolute Gasteiger partial charge is 0.507 e. The van der Waals surface area contributed by atoms with Crippen molar-refractivity contribution in [3.8, 4) is 5.75 Å². The highest BCUT2D eigenvalue weighted by Crippen LogP contribution is 2.36. The van der Waals surface area contributed by atoms with E-state index < -0.39 is 0 Å². The van der Waals surface area contributed by atoms with Gasteiger partial charge < -0.3 is 31.4 Å². The van der Waals surface area contributed by atoms with Crippen LogP contribution in [0.4, 0.5) is 11.4 Å². The van der Waals surface area contributed by atoms with E-state index in [0.717, 1.165) is 35.6 Å². The van der Waals surface area contributed by atoms with Gasteiger partial charge in [0.2, 0.25) is 0 Å². The molecular formula is C24H36N6O. The lowest BCUT2D eigenvalue weighted by atomic mass is 9.79. The Hall–Kier alpha value is -2.80. The number of aromatic hydroxyl groups is 1. The van der Waals surface area contributed by atoms with Gasteiger partial charge in [-0.2, -0.15) is 0 Å². The number of hydrogen-bond donors (Lipinski definition) is 6. The van der Waals surface area contributed by atoms with Crippen molar-refractivity contribution in [3.05, 3.63) is 41.2 Å². The number of rotatable bonds is 4. The van der Waals surface area contributed by atoms with Gasteiger partial charge >= 0.3 is 0 Å². The van der Waals surface area contributed by atoms with Crippen LogP contribution in [0.25, 0.3) is 0 Å². The van der Waals surface area contributed by atoms with Gasteiger partial charge in [-0.25, -0.2) is 0 Å². The number of anilines is 2. The molecule has 2 heterocycles. The topological polar surface area (TPSA) is 107 Å². The number of phenolic OH excluding ortho intramolecular Hbond substituents is 1. The number of amidine groups is 1. The quantitative estimate of drug-likeness (QED) is 0.240. The Kier molecular flexibility index (Phi) is 5.93. The number of nitrogens with zero attached hydrogens (tertiary/aromatic N) is 1. The highest BCUT2D eigenvalue weighted by atomic mass is 16.3. The van der Waals surface area contributed by atoms with Crippen LogP contribution in [-0.4, -0.2) is 45.7 Å². The number of hydrogen-bond acceptors (Lipinski definition) is 6. The molecule has 2 aliphatic heterocycles. The summed E-state index contributed by atoms with van der Waals surface area (Å²) in [5, 5.41) is 37.7. The molecule has 0 radical (unpaired) electrons. The van der Waals surface area contributed by atoms with Gasteiger partial charge in [0.25, 0.3) is 0 Å². The molecule has 0 unspecified atom stereocenters. The van der Waals surface area contributed by atoms with E-state index in [4.69, 9.17) is 10.8 Å². The van der Waals surface area contributed by atoms with Gasteiger partial charge in [-0.05, 0) is 72.6 Å². The Balaban J connectivity index is 1.73. The fourth-order valence-corrected chi connectivity index (χ4v) is 4.71. The molecule has 0 saturated carbocycles. The minimum Gasteiger partial charge on any atom is -0.507 e. The van der Waals surface area contributed by atoms with E-state index in [9.17, 15) is 5.11 Å². The second kappa shape index (κ2) is 8.04. The summed E-state index contributed by atoms with van der Waals surface area (Å²) in [5.41, 5.74) is 4.19. The van der Waals surface area contributed by atoms with Gasteiger partial charge in [-0.1, -0.05) is 0 Å². The Bertz CT molecular complexity index is 957. The maximum Gasteiger partial charge on any atom is 0.127 e. The second-order valence-corrected chi connectivity index (χ2v) is 10.1. The Morgan fingerprint density at radius 3 is 2.06 bits per heavy atom. The number of fused-ring (bicyclic) bond motifs is 1. The third-order valence-corrected chi connectivity index (χ3v) is 6.14. The number of nitrogens with one attached hydrogen (secondary N) is 5. The monoisotopic (exact) mass is 424 g/mol. The third-order valence-electron chi connectivity index (χ3n) is 6.14. The maximum atomic E-state index is 10.5. The summed E-state index contributed by atoms with van der Waals surface area (Å²) in [7, 11) is 1.95. The molecule has 0 atom stereocenters. The molecule has 7 heteroatoms. The van der Waals surface area contributed by atoms with Crippen LogP contribution in [0.2, 0.25) is 0 Å². The number of allylic oxidation sites excluding steroid dienone is 3. The van der Waals surface area contributed by atoms with Crippen molar-refractivity contribution in [2.45, 2.75) is 71.5 Å². The van der Waals surface area contributed by atoms with Crippen LogP contribution in [-0.2, 0) is 0 Å². The predicted molar refractivity (Wildman–Crippen MR) is 130 cm³/mol. The first-order chi connectivity index (χ1) is 14.3. The molecule has 2 aliphatic rings. The number of phenols is 1. The molecule has 31 heavy (non-hydrogen) atoms. The number of likely N-dealkylation sites (N-methyl/N-ethyl adjacent to an activating group) is 1. The average Bonchev–Trinajstić information content (AvgIpc) is 2.63. The SMILES string of the molecule is CC1=C(C)Nc2cc(C(=N)C=CC(=N)N(C)C3CC(C)(C)NC(C)(C)C3)c(O)cc2N1. The fraction of sp³-hybridized carbons (Fsp3) is 0.500. The van der Waals surface area contributed by atoms with Crippen LogP contribution >= 0.6 is 0 Å². The van der Waals surface area contributed by atoms with E-state index in [1.807, 2.05) is 25.8 Å². The normalized spacial score (nSPS) is 20.1. The lowest BCUT2D eigenvalue weighted by Crippen LogP contribution is -2.62. The molecule has 168 valence electrons. The van der Waals surface area contributed by atoms with Crippen molar-refractivity contribution in [1.82, 2.24) is 10.2 Å². The van der Waals surface area contributed by atoms with Crippen molar-refractivity contribution in [2.24, 2.45) is 0 Å². The van der Waals surface area contributed by atoms with E-state index >= 15 is 0 Å². The zero-order chi connectivity index (χ0) is 23.1. The number of benzene rings is 1. The smallest absolute Gasteiger partial charge is 0.127 e. The van der Waals surface area contributed by atoms with Gasteiger partial charge in [0.1, 0.15) is 11.6 Å². The lowest BCUT2D eigenvalue weighted by molar-refractivity contribution is 0.114. The highest BCUT2D eigenvalue weighted by Gasteiger charge is 2.39. The van der Waals surface area contributed by atoms with Crippen molar-refractivity contribution in [2.75, 3.05) is 17.7 Å². The number of piperidine rings is 1. The Morgan fingerprint density at radius 2 is 1.52 bits per heavy atom. The summed E-state index contributed by atoms with van der Waals surface area (Å²) in [6, 6.07) is 3.64. The van der Waals surface area contributed by atoms with E-state index in [-0.39, 0.29) is 28.6 Å². The summed E-state index contributed by atoms with van der Waals surface area (Å²) in [5.74, 6) is 0.395. The van der Waals surface area contributed by atoms with Crippen LogP contribution in [0.5, 0.6) is 5.75 Å². The highest BCUT2D eigenvalue weighted by molar-refractivity contribution is 6.12. The molecule has 0 aromatic heterocycles. The minimum atomic E-state index is -0.00172. The standard InChI is InChI=1S/C24H36N6O/c1-14-15(2)28-20-11-21(31)17(10-19(20)27-14)18(25)8-9-22(26)30(7)16-12-23(3,4)29-24(5,6)13-16/h8-11,16,25-29,31H,12-13H2,1-7H3. The first-order valence-electron chi connectivity index (χ1n) is 10.7. The van der Waals surface area contributed by atoms with Gasteiger partial charge in [0.15, 0.2) is 0 Å². The summed E-state index contributed by atoms with van der Waals surface area (Å²) in [6.07, 6.45) is 5.11. The molecule has 1 saturated heterocycles. The molecule has 7 nitrogen and oxygen atoms in total. The van der Waals surface area contributed by atoms with Crippen LogP contribution in [0.1, 0.15) is 59.9 Å². The van der Waals surface area contributed by atoms with E-state index in [1.165, 1.54) is 0 Å². The molecule has 0 aliphatic carbocycles. The van der Waals surface area contributed by atoms with Crippen LogP contribution in [0, 0.1) is 10.8 Å². The molecule has 1 aromatic rings. The van der Waals surface area contributed by atoms with E-state index in [2.05, 4.69) is 43.6 Å². The molecule has 6 N–H and O–H groups in total. The van der Waals surface area contributed by atoms with Crippen LogP contribution < -0.4 is 16.0 Å². The molecule has 0 spiro atoms. The summed E-state index contributed by atoms with van der Waals surface area (Å²) in [4.78, 5) is 1.99. The van der Waals surface area contributed by atoms with E-state index in [1.54, 1.807) is 24.3 Å². The van der Waals surface area contributed by atoms with Crippen molar-refractivity contribution in [1.29, 1.82) is 10.8 Å². The first kappa shape index (κ1) is 22.9. The third kappa shape index (κ3) is 5.10. The van der Waals surface area contributed by atoms with Gasteiger partial charge in [0, 0.05) is 47.2 Å². The van der Waals surface area contributed by atoms with Crippen molar-refractivity contribution >= 4 is 22.9 Å². The molecule has 3 rings (SSSR count). The zero-order valence-electron chi connectivity index (χ0n) is 19.7. The maximum absolute atomic E-state index is 10.5. The average molecular weight is 425 g/mol. The summed E-state index contributed by atoms with van der Waals surface area (Å²) < 4.78 is 0. The first-order valence-corrected chi connectivity index (χ1v) is 10.7. The lowest BCUT2D eigenvalue weighted by Gasteiger charge is -2.49. The Morgan fingerprint density at radius 1 is 1.00 bits per heavy atom. The van der Waals surface area contributed by atoms with Gasteiger partial charge in [-0.15, -0.1) is 0 Å². The molecular weight excluding hydrogens is 388 g/mol. The van der Waals surface area contributed by atoms with Crippen molar-refractivity contribution < 1.29 is 5.11 Å². The molecule has 1 aromatic carbocycles. The van der Waals surface area contributed by atoms with Gasteiger partial charge in [0.05, 0.1) is 17.1 Å². The molecule has 1 fully saturated rings. The van der Waals surface area contributed by atoms with Crippen molar-refractivity contribution in [3.63, 3.8) is 0 Å². The van der Waals surface area contributed by atoms with Gasteiger partial charge in [-0.3, -0.25) is 5.41 Å².